The Balaban J connectivity index is 1.60. The van der Waals surface area contributed by atoms with Crippen LogP contribution in [0.3, 0.4) is 0 Å². The molecular formula is C21H20F2N2O4. The van der Waals surface area contributed by atoms with Gasteiger partial charge in [0.15, 0.2) is 6.10 Å². The molecule has 0 unspecified atom stereocenters. The van der Waals surface area contributed by atoms with Crippen LogP contribution in [-0.4, -0.2) is 30.4 Å². The van der Waals surface area contributed by atoms with E-state index in [-0.39, 0.29) is 18.9 Å². The van der Waals surface area contributed by atoms with Crippen molar-refractivity contribution in [2.45, 2.75) is 26.4 Å². The minimum Gasteiger partial charge on any atom is -0.452 e. The van der Waals surface area contributed by atoms with E-state index < -0.39 is 41.2 Å². The third kappa shape index (κ3) is 4.59. The van der Waals surface area contributed by atoms with E-state index in [0.29, 0.717) is 5.69 Å². The molecular weight excluding hydrogens is 382 g/mol. The predicted molar refractivity (Wildman–Crippen MR) is 102 cm³/mol. The van der Waals surface area contributed by atoms with E-state index >= 15 is 0 Å². The molecule has 0 aromatic heterocycles. The molecule has 8 heteroatoms. The monoisotopic (exact) mass is 402 g/mol. The van der Waals surface area contributed by atoms with Crippen LogP contribution in [0.1, 0.15) is 18.9 Å². The molecule has 2 atom stereocenters. The van der Waals surface area contributed by atoms with Gasteiger partial charge in [0.05, 0.1) is 5.92 Å². The Kier molecular flexibility index (Phi) is 5.91. The summed E-state index contributed by atoms with van der Waals surface area (Å²) < 4.78 is 32.4. The molecule has 1 aliphatic heterocycles. The Morgan fingerprint density at radius 2 is 1.76 bits per heavy atom. The molecule has 1 aliphatic rings. The van der Waals surface area contributed by atoms with Crippen LogP contribution in [0.15, 0.2) is 42.5 Å². The molecule has 1 N–H and O–H groups in total. The number of ether oxygens (including phenoxy) is 1. The second-order valence-electron chi connectivity index (χ2n) is 6.91. The fourth-order valence-electron chi connectivity index (χ4n) is 3.01. The number of benzene rings is 2. The van der Waals surface area contributed by atoms with Gasteiger partial charge in [-0.2, -0.15) is 0 Å². The number of halogens is 2. The summed E-state index contributed by atoms with van der Waals surface area (Å²) >= 11 is 0. The first kappa shape index (κ1) is 20.4. The van der Waals surface area contributed by atoms with E-state index in [4.69, 9.17) is 4.74 Å². The van der Waals surface area contributed by atoms with Crippen LogP contribution in [-0.2, 0) is 19.1 Å². The Bertz CT molecular complexity index is 926. The van der Waals surface area contributed by atoms with Crippen molar-refractivity contribution in [2.24, 2.45) is 5.92 Å². The van der Waals surface area contributed by atoms with E-state index in [1.165, 1.54) is 17.9 Å². The van der Waals surface area contributed by atoms with Crippen molar-refractivity contribution in [1.29, 1.82) is 0 Å². The molecule has 0 spiro atoms. The van der Waals surface area contributed by atoms with Crippen LogP contribution >= 0.6 is 0 Å². The van der Waals surface area contributed by atoms with Gasteiger partial charge in [0.2, 0.25) is 5.91 Å². The normalized spacial score (nSPS) is 17.2. The first-order valence-electron chi connectivity index (χ1n) is 9.08. The largest absolute Gasteiger partial charge is 0.452 e. The molecule has 0 saturated carbocycles. The molecule has 1 heterocycles. The number of nitrogens with zero attached hydrogens (tertiary/aromatic N) is 1. The van der Waals surface area contributed by atoms with Gasteiger partial charge in [-0.25, -0.2) is 8.78 Å². The summed E-state index contributed by atoms with van der Waals surface area (Å²) in [4.78, 5) is 38.3. The van der Waals surface area contributed by atoms with Gasteiger partial charge in [-0.3, -0.25) is 14.4 Å². The third-order valence-corrected chi connectivity index (χ3v) is 4.68. The maximum atomic E-state index is 13.6. The summed E-state index contributed by atoms with van der Waals surface area (Å²) in [6, 6.07) is 10.5. The Morgan fingerprint density at radius 1 is 1.14 bits per heavy atom. The van der Waals surface area contributed by atoms with Crippen molar-refractivity contribution in [2.75, 3.05) is 16.8 Å². The number of esters is 1. The Labute approximate surface area is 166 Å². The quantitative estimate of drug-likeness (QED) is 0.780. The maximum absolute atomic E-state index is 13.6. The first-order chi connectivity index (χ1) is 13.8. The molecule has 0 bridgehead atoms. The average molecular weight is 402 g/mol. The van der Waals surface area contributed by atoms with Crippen molar-refractivity contribution in [3.05, 3.63) is 59.7 Å². The summed E-state index contributed by atoms with van der Waals surface area (Å²) in [5, 5.41) is 2.08. The topological polar surface area (TPSA) is 75.7 Å². The summed E-state index contributed by atoms with van der Waals surface area (Å²) in [6.07, 6.45) is -1.33. The lowest BCUT2D eigenvalue weighted by Crippen LogP contribution is -2.33. The van der Waals surface area contributed by atoms with Crippen molar-refractivity contribution >= 4 is 29.2 Å². The molecule has 0 aliphatic carbocycles. The van der Waals surface area contributed by atoms with Crippen molar-refractivity contribution in [3.63, 3.8) is 0 Å². The highest BCUT2D eigenvalue weighted by molar-refractivity contribution is 6.00. The van der Waals surface area contributed by atoms with Crippen LogP contribution in [0.25, 0.3) is 0 Å². The van der Waals surface area contributed by atoms with E-state index in [9.17, 15) is 23.2 Å². The van der Waals surface area contributed by atoms with Crippen LogP contribution in [0.5, 0.6) is 0 Å². The van der Waals surface area contributed by atoms with Gasteiger partial charge < -0.3 is 15.0 Å². The molecule has 29 heavy (non-hydrogen) atoms. The van der Waals surface area contributed by atoms with Crippen molar-refractivity contribution < 1.29 is 27.9 Å². The minimum atomic E-state index is -1.29. The molecule has 2 amide bonds. The van der Waals surface area contributed by atoms with Crippen LogP contribution in [0, 0.1) is 24.5 Å². The summed E-state index contributed by atoms with van der Waals surface area (Å²) in [6.45, 7) is 3.35. The predicted octanol–water partition coefficient (Wildman–Crippen LogP) is 3.20. The van der Waals surface area contributed by atoms with Crippen LogP contribution in [0.4, 0.5) is 20.2 Å². The SMILES string of the molecule is Cc1ccc(N2C[C@@H](C(=O)O[C@@H](C)C(=O)Nc3c(F)cccc3F)CC2=O)cc1. The molecule has 2 aromatic carbocycles. The van der Waals surface area contributed by atoms with Crippen LogP contribution < -0.4 is 10.2 Å². The molecule has 6 nitrogen and oxygen atoms in total. The molecule has 152 valence electrons. The highest BCUT2D eigenvalue weighted by Gasteiger charge is 2.37. The van der Waals surface area contributed by atoms with Gasteiger partial charge >= 0.3 is 5.97 Å². The summed E-state index contributed by atoms with van der Waals surface area (Å²) in [5.41, 5.74) is 1.11. The number of nitrogens with one attached hydrogen (secondary N) is 1. The Hall–Kier alpha value is -3.29. The van der Waals surface area contributed by atoms with E-state index in [2.05, 4.69) is 5.32 Å². The molecule has 3 rings (SSSR count). The number of aryl methyl sites for hydroxylation is 1. The molecule has 2 aromatic rings. The zero-order chi connectivity index (χ0) is 21.1. The zero-order valence-electron chi connectivity index (χ0n) is 15.9. The number of hydrogen-bond acceptors (Lipinski definition) is 4. The number of rotatable bonds is 5. The van der Waals surface area contributed by atoms with Gasteiger partial charge in [-0.05, 0) is 38.1 Å². The smallest absolute Gasteiger partial charge is 0.312 e. The highest BCUT2D eigenvalue weighted by atomic mass is 19.1. The first-order valence-corrected chi connectivity index (χ1v) is 9.08. The van der Waals surface area contributed by atoms with E-state index in [0.717, 1.165) is 17.7 Å². The van der Waals surface area contributed by atoms with Gasteiger partial charge in [-0.15, -0.1) is 0 Å². The standard InChI is InChI=1S/C21H20F2N2O4/c1-12-6-8-15(9-7-12)25-11-14(10-18(25)26)21(28)29-13(2)20(27)24-19-16(22)4-3-5-17(19)23/h3-9,13-14H,10-11H2,1-2H3,(H,24,27)/t13-,14-/m0/s1. The summed E-state index contributed by atoms with van der Waals surface area (Å²) in [5.74, 6) is -4.42. The molecule has 1 saturated heterocycles. The number of hydrogen-bond donors (Lipinski definition) is 1. The fourth-order valence-corrected chi connectivity index (χ4v) is 3.01. The van der Waals surface area contributed by atoms with E-state index in [1.54, 1.807) is 12.1 Å². The lowest BCUT2D eigenvalue weighted by molar-refractivity contribution is -0.157. The van der Waals surface area contributed by atoms with Crippen LogP contribution in [0.2, 0.25) is 0 Å². The molecule has 1 fully saturated rings. The summed E-state index contributed by atoms with van der Waals surface area (Å²) in [7, 11) is 0. The fraction of sp³-hybridized carbons (Fsp3) is 0.286. The van der Waals surface area contributed by atoms with Gasteiger partial charge in [0, 0.05) is 18.7 Å². The number of carbonyl (C=O) groups is 3. The Morgan fingerprint density at radius 3 is 2.38 bits per heavy atom. The van der Waals surface area contributed by atoms with Gasteiger partial charge in [0.1, 0.15) is 17.3 Å². The van der Waals surface area contributed by atoms with Crippen molar-refractivity contribution in [1.82, 2.24) is 0 Å². The average Bonchev–Trinajstić information content (AvgIpc) is 3.07. The van der Waals surface area contributed by atoms with Gasteiger partial charge in [-0.1, -0.05) is 23.8 Å². The maximum Gasteiger partial charge on any atom is 0.312 e. The number of amides is 2. The minimum absolute atomic E-state index is 0.0387. The number of carbonyl (C=O) groups excluding carboxylic acids is 3. The lowest BCUT2D eigenvalue weighted by atomic mass is 10.1. The highest BCUT2D eigenvalue weighted by Crippen LogP contribution is 2.26. The molecule has 0 radical (unpaired) electrons. The zero-order valence-corrected chi connectivity index (χ0v) is 15.9. The number of para-hydroxylation sites is 1. The number of anilines is 2. The second kappa shape index (κ2) is 8.38. The van der Waals surface area contributed by atoms with Crippen molar-refractivity contribution in [3.8, 4) is 0 Å². The second-order valence-corrected chi connectivity index (χ2v) is 6.91. The third-order valence-electron chi connectivity index (χ3n) is 4.68. The lowest BCUT2D eigenvalue weighted by Gasteiger charge is -2.18. The van der Waals surface area contributed by atoms with Gasteiger partial charge in [0.25, 0.3) is 5.91 Å². The van der Waals surface area contributed by atoms with E-state index in [1.807, 2.05) is 19.1 Å².